The molecule has 0 saturated heterocycles. The molecule has 0 bridgehead atoms. The molecule has 1 N–H and O–H groups in total. The van der Waals surface area contributed by atoms with Crippen LogP contribution in [0.25, 0.3) is 11.1 Å². The Morgan fingerprint density at radius 2 is 1.62 bits per heavy atom. The second-order valence-corrected chi connectivity index (χ2v) is 7.25. The van der Waals surface area contributed by atoms with Crippen LogP contribution in [0.2, 0.25) is 0 Å². The Labute approximate surface area is 124 Å². The van der Waals surface area contributed by atoms with Crippen LogP contribution in [0.1, 0.15) is 19.4 Å². The Hall–Kier alpha value is -1.88. The fraction of sp³-hybridized carbons (Fsp3) is 0.250. The fourth-order valence-electron chi connectivity index (χ4n) is 2.04. The fourth-order valence-corrected chi connectivity index (χ4v) is 2.59. The minimum absolute atomic E-state index is 0.505. The van der Waals surface area contributed by atoms with E-state index in [1.54, 1.807) is 30.3 Å². The molecule has 2 aromatic carbocycles. The van der Waals surface area contributed by atoms with Crippen LogP contribution in [-0.4, -0.2) is 14.7 Å². The van der Waals surface area contributed by atoms with Gasteiger partial charge in [0, 0.05) is 5.69 Å². The third-order valence-corrected chi connectivity index (χ3v) is 3.68. The van der Waals surface area contributed by atoms with Gasteiger partial charge >= 0.3 is 0 Å². The van der Waals surface area contributed by atoms with Gasteiger partial charge in [-0.05, 0) is 42.7 Å². The zero-order valence-corrected chi connectivity index (χ0v) is 13.0. The van der Waals surface area contributed by atoms with Crippen molar-refractivity contribution in [2.45, 2.75) is 19.5 Å². The molecule has 0 atom stereocenters. The SMILES string of the molecule is CC(C)(F)c1ccc(-c2cccc(NS(C)(=O)=O)c2)cc1. The van der Waals surface area contributed by atoms with Crippen molar-refractivity contribution >= 4 is 15.7 Å². The molecule has 2 aromatic rings. The molecule has 0 fully saturated rings. The van der Waals surface area contributed by atoms with Crippen molar-refractivity contribution in [2.24, 2.45) is 0 Å². The van der Waals surface area contributed by atoms with Gasteiger partial charge < -0.3 is 0 Å². The van der Waals surface area contributed by atoms with Gasteiger partial charge in [-0.25, -0.2) is 12.8 Å². The molecule has 0 spiro atoms. The van der Waals surface area contributed by atoms with Crippen LogP contribution in [0, 0.1) is 0 Å². The van der Waals surface area contributed by atoms with E-state index in [0.29, 0.717) is 11.3 Å². The highest BCUT2D eigenvalue weighted by atomic mass is 32.2. The topological polar surface area (TPSA) is 46.2 Å². The number of hydrogen-bond acceptors (Lipinski definition) is 2. The van der Waals surface area contributed by atoms with Gasteiger partial charge in [0.1, 0.15) is 5.67 Å². The number of rotatable bonds is 4. The second kappa shape index (κ2) is 5.48. The second-order valence-electron chi connectivity index (χ2n) is 5.50. The summed E-state index contributed by atoms with van der Waals surface area (Å²) in [5, 5.41) is 0. The van der Waals surface area contributed by atoms with Gasteiger partial charge in [-0.15, -0.1) is 0 Å². The lowest BCUT2D eigenvalue weighted by Gasteiger charge is -2.15. The largest absolute Gasteiger partial charge is 0.284 e. The molecule has 5 heteroatoms. The first-order valence-electron chi connectivity index (χ1n) is 6.53. The van der Waals surface area contributed by atoms with Crippen LogP contribution in [0.4, 0.5) is 10.1 Å². The lowest BCUT2D eigenvalue weighted by molar-refractivity contribution is 0.221. The third-order valence-electron chi connectivity index (χ3n) is 3.07. The smallest absolute Gasteiger partial charge is 0.229 e. The highest BCUT2D eigenvalue weighted by Gasteiger charge is 2.18. The minimum atomic E-state index is -3.30. The van der Waals surface area contributed by atoms with Gasteiger partial charge in [-0.3, -0.25) is 4.72 Å². The molecule has 0 heterocycles. The Balaban J connectivity index is 2.32. The lowest BCUT2D eigenvalue weighted by Crippen LogP contribution is -2.09. The summed E-state index contributed by atoms with van der Waals surface area (Å²) < 4.78 is 38.8. The maximum Gasteiger partial charge on any atom is 0.229 e. The summed E-state index contributed by atoms with van der Waals surface area (Å²) in [4.78, 5) is 0. The number of alkyl halides is 1. The van der Waals surface area contributed by atoms with Crippen molar-refractivity contribution in [1.29, 1.82) is 0 Å². The molecule has 2 rings (SSSR count). The standard InChI is InChI=1S/C16H18FNO2S/c1-16(2,17)14-9-7-12(8-10-14)13-5-4-6-15(11-13)18-21(3,19)20/h4-11,18H,1-3H3. The zero-order chi connectivity index (χ0) is 15.7. The van der Waals surface area contributed by atoms with E-state index in [1.165, 1.54) is 13.8 Å². The highest BCUT2D eigenvalue weighted by molar-refractivity contribution is 7.92. The van der Waals surface area contributed by atoms with Crippen LogP contribution < -0.4 is 4.72 Å². The molecule has 112 valence electrons. The summed E-state index contributed by atoms with van der Waals surface area (Å²) in [6.07, 6.45) is 1.11. The minimum Gasteiger partial charge on any atom is -0.284 e. The summed E-state index contributed by atoms with van der Waals surface area (Å²) in [5.41, 5.74) is 1.51. The van der Waals surface area contributed by atoms with E-state index in [9.17, 15) is 12.8 Å². The van der Waals surface area contributed by atoms with Gasteiger partial charge in [0.2, 0.25) is 10.0 Å². The predicted octanol–water partition coefficient (Wildman–Crippen LogP) is 3.93. The summed E-state index contributed by atoms with van der Waals surface area (Å²) in [6, 6.07) is 14.2. The molecule has 0 saturated carbocycles. The molecule has 0 unspecified atom stereocenters. The third kappa shape index (κ3) is 4.29. The number of anilines is 1. The molecule has 0 aliphatic carbocycles. The summed E-state index contributed by atoms with van der Waals surface area (Å²) in [6.45, 7) is 3.03. The van der Waals surface area contributed by atoms with E-state index in [4.69, 9.17) is 0 Å². The first-order valence-corrected chi connectivity index (χ1v) is 8.42. The normalized spacial score (nSPS) is 12.2. The molecule has 0 radical (unpaired) electrons. The van der Waals surface area contributed by atoms with E-state index in [-0.39, 0.29) is 0 Å². The molecule has 0 aliphatic heterocycles. The number of sulfonamides is 1. The van der Waals surface area contributed by atoms with E-state index in [0.717, 1.165) is 17.4 Å². The van der Waals surface area contributed by atoms with Crippen molar-refractivity contribution in [2.75, 3.05) is 11.0 Å². The van der Waals surface area contributed by atoms with Gasteiger partial charge in [-0.2, -0.15) is 0 Å². The predicted molar refractivity (Wildman–Crippen MR) is 84.5 cm³/mol. The van der Waals surface area contributed by atoms with Crippen molar-refractivity contribution in [3.63, 3.8) is 0 Å². The summed E-state index contributed by atoms with van der Waals surface area (Å²) in [5.74, 6) is 0. The number of halogens is 1. The van der Waals surface area contributed by atoms with Crippen molar-refractivity contribution in [3.8, 4) is 11.1 Å². The Morgan fingerprint density at radius 1 is 1.00 bits per heavy atom. The van der Waals surface area contributed by atoms with Gasteiger partial charge in [0.05, 0.1) is 6.26 Å². The van der Waals surface area contributed by atoms with Gasteiger partial charge in [0.15, 0.2) is 0 Å². The first kappa shape index (κ1) is 15.5. The van der Waals surface area contributed by atoms with Crippen molar-refractivity contribution < 1.29 is 12.8 Å². The zero-order valence-electron chi connectivity index (χ0n) is 12.2. The number of hydrogen-bond donors (Lipinski definition) is 1. The molecular weight excluding hydrogens is 289 g/mol. The lowest BCUT2D eigenvalue weighted by atomic mass is 9.97. The van der Waals surface area contributed by atoms with Crippen LogP contribution in [0.3, 0.4) is 0 Å². The van der Waals surface area contributed by atoms with Crippen molar-refractivity contribution in [1.82, 2.24) is 0 Å². The highest BCUT2D eigenvalue weighted by Crippen LogP contribution is 2.28. The number of nitrogens with one attached hydrogen (secondary N) is 1. The molecule has 3 nitrogen and oxygen atoms in total. The van der Waals surface area contributed by atoms with Crippen LogP contribution >= 0.6 is 0 Å². The molecule has 21 heavy (non-hydrogen) atoms. The number of benzene rings is 2. The quantitative estimate of drug-likeness (QED) is 0.930. The average molecular weight is 307 g/mol. The first-order chi connectivity index (χ1) is 9.65. The molecule has 0 amide bonds. The van der Waals surface area contributed by atoms with Gasteiger partial charge in [0.25, 0.3) is 0 Å². The summed E-state index contributed by atoms with van der Waals surface area (Å²) >= 11 is 0. The molecular formula is C16H18FNO2S. The Bertz CT molecular complexity index is 732. The summed E-state index contributed by atoms with van der Waals surface area (Å²) in [7, 11) is -3.30. The van der Waals surface area contributed by atoms with Crippen molar-refractivity contribution in [3.05, 3.63) is 54.1 Å². The monoisotopic (exact) mass is 307 g/mol. The maximum atomic E-state index is 13.8. The maximum absolute atomic E-state index is 13.8. The van der Waals surface area contributed by atoms with E-state index >= 15 is 0 Å². The van der Waals surface area contributed by atoms with E-state index in [2.05, 4.69) is 4.72 Å². The molecule has 0 aliphatic rings. The average Bonchev–Trinajstić information content (AvgIpc) is 2.36. The van der Waals surface area contributed by atoms with Crippen LogP contribution in [-0.2, 0) is 15.7 Å². The van der Waals surface area contributed by atoms with E-state index < -0.39 is 15.7 Å². The van der Waals surface area contributed by atoms with Crippen LogP contribution in [0.5, 0.6) is 0 Å². The van der Waals surface area contributed by atoms with Gasteiger partial charge in [-0.1, -0.05) is 36.4 Å². The Kier molecular flexibility index (Phi) is 4.05. The molecule has 0 aromatic heterocycles. The Morgan fingerprint density at radius 3 is 2.14 bits per heavy atom. The van der Waals surface area contributed by atoms with Crippen LogP contribution in [0.15, 0.2) is 48.5 Å². The van der Waals surface area contributed by atoms with E-state index in [1.807, 2.05) is 18.2 Å².